The molecule has 0 amide bonds. The van der Waals surface area contributed by atoms with Gasteiger partial charge in [0.05, 0.1) is 19.1 Å². The van der Waals surface area contributed by atoms with E-state index in [2.05, 4.69) is 27.7 Å². The van der Waals surface area contributed by atoms with Crippen LogP contribution in [0.25, 0.3) is 0 Å². The lowest BCUT2D eigenvalue weighted by molar-refractivity contribution is 0.394. The number of hydrogen-bond donors (Lipinski definition) is 0. The number of methoxy groups -OCH3 is 2. The van der Waals surface area contributed by atoms with Crippen LogP contribution in [-0.2, 0) is 4.87 Å². The van der Waals surface area contributed by atoms with Gasteiger partial charge in [0.1, 0.15) is 11.5 Å². The molecule has 0 radical (unpaired) electrons. The first-order valence-electron chi connectivity index (χ1n) is 6.15. The van der Waals surface area contributed by atoms with Crippen molar-refractivity contribution in [2.45, 2.75) is 32.6 Å². The van der Waals surface area contributed by atoms with Crippen LogP contribution in [0.5, 0.6) is 11.5 Å². The first-order valence-corrected chi connectivity index (χ1v) is 6.53. The molecule has 1 aliphatic carbocycles. The van der Waals surface area contributed by atoms with Crippen molar-refractivity contribution in [3.63, 3.8) is 0 Å². The quantitative estimate of drug-likeness (QED) is 0.765. The zero-order chi connectivity index (χ0) is 13.8. The maximum Gasteiger partial charge on any atom is 0.124 e. The summed E-state index contributed by atoms with van der Waals surface area (Å²) in [5.41, 5.74) is 1.04. The van der Waals surface area contributed by atoms with Gasteiger partial charge < -0.3 is 9.47 Å². The molecule has 0 aromatic heterocycles. The fraction of sp³-hybridized carbons (Fsp3) is 0.600. The number of halogens is 1. The first-order chi connectivity index (χ1) is 8.24. The number of ether oxygens (including phenoxy) is 2. The molecule has 1 aromatic carbocycles. The Balaban J connectivity index is 2.59. The minimum absolute atomic E-state index is 0.0151. The molecule has 0 unspecified atom stereocenters. The van der Waals surface area contributed by atoms with Crippen LogP contribution in [0.3, 0.4) is 0 Å². The van der Waals surface area contributed by atoms with Gasteiger partial charge in [-0.3, -0.25) is 0 Å². The van der Waals surface area contributed by atoms with Gasteiger partial charge in [-0.1, -0.05) is 27.7 Å². The normalized spacial score (nSPS) is 22.4. The third-order valence-electron chi connectivity index (χ3n) is 5.00. The highest BCUT2D eigenvalue weighted by molar-refractivity contribution is 6.28. The van der Waals surface area contributed by atoms with E-state index in [0.717, 1.165) is 17.1 Å². The van der Waals surface area contributed by atoms with Gasteiger partial charge in [-0.2, -0.15) is 0 Å². The second-order valence-electron chi connectivity index (χ2n) is 5.97. The van der Waals surface area contributed by atoms with Crippen LogP contribution in [0.1, 0.15) is 33.3 Å². The molecule has 0 saturated heterocycles. The van der Waals surface area contributed by atoms with Crippen molar-refractivity contribution in [2.75, 3.05) is 14.2 Å². The minimum Gasteiger partial charge on any atom is -0.497 e. The van der Waals surface area contributed by atoms with E-state index in [-0.39, 0.29) is 10.8 Å². The van der Waals surface area contributed by atoms with E-state index >= 15 is 0 Å². The number of benzene rings is 1. The summed E-state index contributed by atoms with van der Waals surface area (Å²) in [5.74, 6) is 1.63. The number of alkyl halides is 1. The predicted octanol–water partition coefficient (Wildman–Crippen LogP) is 4.20. The number of rotatable bonds is 3. The highest BCUT2D eigenvalue weighted by Gasteiger charge is 2.78. The van der Waals surface area contributed by atoms with E-state index in [0.29, 0.717) is 0 Å². The van der Waals surface area contributed by atoms with Crippen LogP contribution in [0.15, 0.2) is 18.2 Å². The molecule has 1 aromatic rings. The lowest BCUT2D eigenvalue weighted by atomic mass is 10.0. The smallest absolute Gasteiger partial charge is 0.124 e. The van der Waals surface area contributed by atoms with Crippen LogP contribution < -0.4 is 9.47 Å². The molecule has 1 aliphatic rings. The molecule has 1 saturated carbocycles. The summed E-state index contributed by atoms with van der Waals surface area (Å²) in [4.78, 5) is -0.417. The Morgan fingerprint density at radius 3 is 1.89 bits per heavy atom. The molecule has 1 fully saturated rings. The van der Waals surface area contributed by atoms with Gasteiger partial charge in [-0.05, 0) is 29.0 Å². The van der Waals surface area contributed by atoms with Gasteiger partial charge in [0.25, 0.3) is 0 Å². The predicted molar refractivity (Wildman–Crippen MR) is 74.6 cm³/mol. The molecule has 0 atom stereocenters. The topological polar surface area (TPSA) is 18.5 Å². The van der Waals surface area contributed by atoms with Crippen molar-refractivity contribution >= 4 is 11.6 Å². The fourth-order valence-corrected chi connectivity index (χ4v) is 3.57. The van der Waals surface area contributed by atoms with Gasteiger partial charge in [0.2, 0.25) is 0 Å². The number of hydrogen-bond acceptors (Lipinski definition) is 2. The summed E-state index contributed by atoms with van der Waals surface area (Å²) in [7, 11) is 3.34. The van der Waals surface area contributed by atoms with Crippen molar-refractivity contribution in [2.24, 2.45) is 10.8 Å². The molecule has 0 N–H and O–H groups in total. The van der Waals surface area contributed by atoms with Gasteiger partial charge in [-0.25, -0.2) is 0 Å². The molecule has 2 rings (SSSR count). The van der Waals surface area contributed by atoms with E-state index in [1.54, 1.807) is 14.2 Å². The molecule has 2 nitrogen and oxygen atoms in total. The second-order valence-corrected chi connectivity index (χ2v) is 6.54. The van der Waals surface area contributed by atoms with Gasteiger partial charge in [0.15, 0.2) is 0 Å². The second kappa shape index (κ2) is 3.80. The summed E-state index contributed by atoms with van der Waals surface area (Å²) in [5, 5.41) is 0. The first kappa shape index (κ1) is 13.5. The molecule has 0 aliphatic heterocycles. The third-order valence-corrected chi connectivity index (χ3v) is 6.15. The van der Waals surface area contributed by atoms with E-state index in [4.69, 9.17) is 21.1 Å². The summed E-state index contributed by atoms with van der Waals surface area (Å²) in [6.45, 7) is 8.77. The standard InChI is InChI=1S/C15H21ClO2/c1-13(2)14(3,4)15(13,16)11-9-10(17-5)7-8-12(11)18-6/h7-9H,1-6H3. The maximum atomic E-state index is 6.93. The average molecular weight is 269 g/mol. The van der Waals surface area contributed by atoms with Crippen molar-refractivity contribution < 1.29 is 9.47 Å². The van der Waals surface area contributed by atoms with Crippen molar-refractivity contribution in [1.82, 2.24) is 0 Å². The van der Waals surface area contributed by atoms with Crippen LogP contribution in [0.2, 0.25) is 0 Å². The Bertz CT molecular complexity index is 463. The van der Waals surface area contributed by atoms with Crippen molar-refractivity contribution in [3.8, 4) is 11.5 Å². The largest absolute Gasteiger partial charge is 0.497 e. The van der Waals surface area contributed by atoms with E-state index in [9.17, 15) is 0 Å². The molecule has 0 heterocycles. The minimum atomic E-state index is -0.417. The van der Waals surface area contributed by atoms with Crippen LogP contribution in [0.4, 0.5) is 0 Å². The van der Waals surface area contributed by atoms with Gasteiger partial charge >= 0.3 is 0 Å². The Hall–Kier alpha value is -0.890. The Kier molecular flexibility index (Phi) is 2.86. The fourth-order valence-electron chi connectivity index (χ4n) is 3.00. The zero-order valence-corrected chi connectivity index (χ0v) is 12.7. The molecule has 0 spiro atoms. The average Bonchev–Trinajstić information content (AvgIpc) is 2.66. The lowest BCUT2D eigenvalue weighted by Gasteiger charge is -2.18. The van der Waals surface area contributed by atoms with E-state index in [1.165, 1.54) is 0 Å². The summed E-state index contributed by atoms with van der Waals surface area (Å²) >= 11 is 6.93. The third kappa shape index (κ3) is 1.36. The Morgan fingerprint density at radius 1 is 0.944 bits per heavy atom. The van der Waals surface area contributed by atoms with E-state index in [1.807, 2.05) is 18.2 Å². The monoisotopic (exact) mass is 268 g/mol. The molecule has 3 heteroatoms. The maximum absolute atomic E-state index is 6.93. The molecule has 0 bridgehead atoms. The van der Waals surface area contributed by atoms with Crippen molar-refractivity contribution in [3.05, 3.63) is 23.8 Å². The highest BCUT2D eigenvalue weighted by Crippen LogP contribution is 2.81. The van der Waals surface area contributed by atoms with Crippen LogP contribution in [0, 0.1) is 10.8 Å². The van der Waals surface area contributed by atoms with Crippen molar-refractivity contribution in [1.29, 1.82) is 0 Å². The highest BCUT2D eigenvalue weighted by atomic mass is 35.5. The molecule has 100 valence electrons. The summed E-state index contributed by atoms with van der Waals surface area (Å²) in [6.07, 6.45) is 0. The van der Waals surface area contributed by atoms with Gasteiger partial charge in [-0.15, -0.1) is 11.6 Å². The zero-order valence-electron chi connectivity index (χ0n) is 11.9. The Morgan fingerprint density at radius 2 is 1.50 bits per heavy atom. The van der Waals surface area contributed by atoms with Crippen LogP contribution >= 0.6 is 11.6 Å². The SMILES string of the molecule is COc1ccc(OC)c(C2(Cl)C(C)(C)C2(C)C)c1. The molecule has 18 heavy (non-hydrogen) atoms. The molecular weight excluding hydrogens is 248 g/mol. The van der Waals surface area contributed by atoms with Crippen LogP contribution in [-0.4, -0.2) is 14.2 Å². The van der Waals surface area contributed by atoms with E-state index < -0.39 is 4.87 Å². The summed E-state index contributed by atoms with van der Waals surface area (Å²) < 4.78 is 10.8. The Labute approximate surface area is 114 Å². The summed E-state index contributed by atoms with van der Waals surface area (Å²) in [6, 6.07) is 5.80. The van der Waals surface area contributed by atoms with Gasteiger partial charge in [0, 0.05) is 5.56 Å². The molecular formula is C15H21ClO2. The lowest BCUT2D eigenvalue weighted by Crippen LogP contribution is -2.10.